The van der Waals surface area contributed by atoms with Crippen LogP contribution in [0.3, 0.4) is 0 Å². The molecule has 0 saturated carbocycles. The number of methoxy groups -OCH3 is 1. The highest BCUT2D eigenvalue weighted by Gasteiger charge is 2.16. The van der Waals surface area contributed by atoms with Crippen LogP contribution >= 0.6 is 11.3 Å². The first-order valence-corrected chi connectivity index (χ1v) is 9.12. The van der Waals surface area contributed by atoms with Crippen molar-refractivity contribution in [3.63, 3.8) is 0 Å². The number of nitro groups is 1. The smallest absolute Gasteiger partial charge is 0.324 e. The summed E-state index contributed by atoms with van der Waals surface area (Å²) in [4.78, 5) is 22.3. The van der Waals surface area contributed by atoms with Crippen molar-refractivity contribution in [1.82, 2.24) is 0 Å². The SMILES string of the molecule is COc1ccc(NC(=O)c2ccc([N+](=O)[O-])s2)cc1NS(C)(=O)=O. The lowest BCUT2D eigenvalue weighted by molar-refractivity contribution is -0.380. The van der Waals surface area contributed by atoms with Crippen molar-refractivity contribution in [1.29, 1.82) is 0 Å². The van der Waals surface area contributed by atoms with Gasteiger partial charge in [0.05, 0.1) is 28.9 Å². The number of sulfonamides is 1. The lowest BCUT2D eigenvalue weighted by atomic mass is 10.2. The standard InChI is InChI=1S/C13H13N3O6S2/c1-22-10-4-3-8(7-9(10)15-24(2,20)21)14-13(17)11-5-6-12(23-11)16(18)19/h3-7,15H,1-2H3,(H,14,17). The van der Waals surface area contributed by atoms with E-state index in [0.29, 0.717) is 5.69 Å². The number of nitrogens with zero attached hydrogens (tertiary/aromatic N) is 1. The summed E-state index contributed by atoms with van der Waals surface area (Å²) >= 11 is 0.743. The summed E-state index contributed by atoms with van der Waals surface area (Å²) in [5.41, 5.74) is 0.470. The van der Waals surface area contributed by atoms with Gasteiger partial charge in [0.25, 0.3) is 5.91 Å². The van der Waals surface area contributed by atoms with E-state index in [-0.39, 0.29) is 21.3 Å². The van der Waals surface area contributed by atoms with E-state index < -0.39 is 20.9 Å². The second-order valence-corrected chi connectivity index (χ2v) is 7.45. The summed E-state index contributed by atoms with van der Waals surface area (Å²) in [6.07, 6.45) is 0.989. The predicted octanol–water partition coefficient (Wildman–Crippen LogP) is 2.29. The Balaban J connectivity index is 2.24. The third-order valence-electron chi connectivity index (χ3n) is 2.75. The topological polar surface area (TPSA) is 128 Å². The van der Waals surface area contributed by atoms with Crippen LogP contribution in [0.5, 0.6) is 5.75 Å². The van der Waals surface area contributed by atoms with Gasteiger partial charge in [0.1, 0.15) is 5.75 Å². The highest BCUT2D eigenvalue weighted by Crippen LogP contribution is 2.30. The summed E-state index contributed by atoms with van der Waals surface area (Å²) in [5, 5.41) is 13.1. The molecule has 24 heavy (non-hydrogen) atoms. The van der Waals surface area contributed by atoms with E-state index in [4.69, 9.17) is 4.74 Å². The maximum Gasteiger partial charge on any atom is 0.324 e. The molecule has 0 bridgehead atoms. The van der Waals surface area contributed by atoms with Crippen LogP contribution < -0.4 is 14.8 Å². The number of hydrogen-bond acceptors (Lipinski definition) is 7. The normalized spacial score (nSPS) is 10.9. The molecule has 0 aliphatic carbocycles. The van der Waals surface area contributed by atoms with Gasteiger partial charge in [-0.2, -0.15) is 0 Å². The molecule has 1 amide bonds. The molecule has 0 unspecified atom stereocenters. The number of rotatable bonds is 6. The number of hydrogen-bond donors (Lipinski definition) is 2. The van der Waals surface area contributed by atoms with E-state index in [0.717, 1.165) is 17.6 Å². The molecule has 0 radical (unpaired) electrons. The van der Waals surface area contributed by atoms with Crippen LogP contribution in [0.4, 0.5) is 16.4 Å². The van der Waals surface area contributed by atoms with Crippen LogP contribution in [0, 0.1) is 10.1 Å². The van der Waals surface area contributed by atoms with E-state index in [9.17, 15) is 23.3 Å². The molecule has 0 aliphatic rings. The average Bonchev–Trinajstić information content (AvgIpc) is 2.96. The van der Waals surface area contributed by atoms with Crippen molar-refractivity contribution < 1.29 is 22.9 Å². The second kappa shape index (κ2) is 6.84. The molecule has 2 N–H and O–H groups in total. The van der Waals surface area contributed by atoms with Crippen molar-refractivity contribution in [3.8, 4) is 5.75 Å². The molecule has 1 heterocycles. The molecule has 128 valence electrons. The van der Waals surface area contributed by atoms with Gasteiger partial charge in [-0.3, -0.25) is 19.6 Å². The largest absolute Gasteiger partial charge is 0.495 e. The lowest BCUT2D eigenvalue weighted by Crippen LogP contribution is -2.13. The zero-order valence-electron chi connectivity index (χ0n) is 12.6. The number of thiophene rings is 1. The first kappa shape index (κ1) is 17.7. The van der Waals surface area contributed by atoms with Crippen LogP contribution in [0.2, 0.25) is 0 Å². The van der Waals surface area contributed by atoms with Gasteiger partial charge in [0.2, 0.25) is 10.0 Å². The van der Waals surface area contributed by atoms with E-state index in [1.54, 1.807) is 0 Å². The molecule has 9 nitrogen and oxygen atoms in total. The average molecular weight is 371 g/mol. The quantitative estimate of drug-likeness (QED) is 0.592. The molecule has 1 aromatic heterocycles. The minimum absolute atomic E-state index is 0.144. The molecule has 0 aliphatic heterocycles. The van der Waals surface area contributed by atoms with Crippen molar-refractivity contribution >= 4 is 43.6 Å². The molecule has 11 heteroatoms. The van der Waals surface area contributed by atoms with E-state index in [2.05, 4.69) is 10.0 Å². The minimum Gasteiger partial charge on any atom is -0.495 e. The van der Waals surface area contributed by atoms with Gasteiger partial charge in [-0.25, -0.2) is 8.42 Å². The predicted molar refractivity (Wildman–Crippen MR) is 90.4 cm³/mol. The number of carbonyl (C=O) groups is 1. The highest BCUT2D eigenvalue weighted by molar-refractivity contribution is 7.92. The number of carbonyl (C=O) groups excluding carboxylic acids is 1. The van der Waals surface area contributed by atoms with Gasteiger partial charge in [0, 0.05) is 11.8 Å². The summed E-state index contributed by atoms with van der Waals surface area (Å²) in [6, 6.07) is 6.98. The van der Waals surface area contributed by atoms with Gasteiger partial charge in [-0.15, -0.1) is 0 Å². The molecule has 0 fully saturated rings. The number of ether oxygens (including phenoxy) is 1. The van der Waals surface area contributed by atoms with Crippen molar-refractivity contribution in [2.75, 3.05) is 23.4 Å². The van der Waals surface area contributed by atoms with Gasteiger partial charge >= 0.3 is 5.00 Å². The number of benzene rings is 1. The van der Waals surface area contributed by atoms with E-state index in [1.807, 2.05) is 0 Å². The fourth-order valence-electron chi connectivity index (χ4n) is 1.81. The summed E-state index contributed by atoms with van der Waals surface area (Å²) < 4.78 is 30.1. The molecule has 2 aromatic rings. The van der Waals surface area contributed by atoms with Crippen molar-refractivity contribution in [2.45, 2.75) is 0 Å². The molecule has 0 spiro atoms. The van der Waals surface area contributed by atoms with Gasteiger partial charge in [-0.05, 0) is 24.3 Å². The summed E-state index contributed by atoms with van der Waals surface area (Å²) in [7, 11) is -2.15. The number of nitrogens with one attached hydrogen (secondary N) is 2. The van der Waals surface area contributed by atoms with Gasteiger partial charge in [0.15, 0.2) is 0 Å². The first-order chi connectivity index (χ1) is 11.2. The maximum absolute atomic E-state index is 12.1. The Kier molecular flexibility index (Phi) is 5.04. The molecule has 0 saturated heterocycles. The molecular weight excluding hydrogens is 358 g/mol. The van der Waals surface area contributed by atoms with Gasteiger partial charge in [-0.1, -0.05) is 11.3 Å². The Hall–Kier alpha value is -2.66. The fourth-order valence-corrected chi connectivity index (χ4v) is 3.08. The van der Waals surface area contributed by atoms with Crippen LogP contribution in [-0.4, -0.2) is 32.6 Å². The lowest BCUT2D eigenvalue weighted by Gasteiger charge is -2.12. The second-order valence-electron chi connectivity index (χ2n) is 4.64. The minimum atomic E-state index is -3.53. The third-order valence-corrected chi connectivity index (χ3v) is 4.37. The first-order valence-electron chi connectivity index (χ1n) is 6.41. The maximum atomic E-state index is 12.1. The molecule has 1 aromatic carbocycles. The fraction of sp³-hybridized carbons (Fsp3) is 0.154. The Labute approximate surface area is 141 Å². The molecule has 2 rings (SSSR count). The molecule has 0 atom stereocenters. The monoisotopic (exact) mass is 371 g/mol. The Morgan fingerprint density at radius 2 is 2.00 bits per heavy atom. The van der Waals surface area contributed by atoms with Crippen LogP contribution in [0.1, 0.15) is 9.67 Å². The van der Waals surface area contributed by atoms with Crippen molar-refractivity contribution in [3.05, 3.63) is 45.3 Å². The summed E-state index contributed by atoms with van der Waals surface area (Å²) in [5.74, 6) is -0.256. The van der Waals surface area contributed by atoms with Crippen LogP contribution in [0.25, 0.3) is 0 Å². The zero-order valence-corrected chi connectivity index (χ0v) is 14.2. The van der Waals surface area contributed by atoms with E-state index in [1.165, 1.54) is 37.4 Å². The van der Waals surface area contributed by atoms with Crippen LogP contribution in [0.15, 0.2) is 30.3 Å². The Bertz CT molecular complexity index is 891. The van der Waals surface area contributed by atoms with Crippen LogP contribution in [-0.2, 0) is 10.0 Å². The molecular formula is C13H13N3O6S2. The number of amides is 1. The summed E-state index contributed by atoms with van der Waals surface area (Å²) in [6.45, 7) is 0. The highest BCUT2D eigenvalue weighted by atomic mass is 32.2. The number of anilines is 2. The van der Waals surface area contributed by atoms with Gasteiger partial charge < -0.3 is 10.1 Å². The zero-order chi connectivity index (χ0) is 17.9. The Morgan fingerprint density at radius 3 is 2.54 bits per heavy atom. The third kappa shape index (κ3) is 4.43. The van der Waals surface area contributed by atoms with E-state index >= 15 is 0 Å². The van der Waals surface area contributed by atoms with Crippen molar-refractivity contribution in [2.24, 2.45) is 0 Å². The Morgan fingerprint density at radius 1 is 1.29 bits per heavy atom.